The first kappa shape index (κ1) is 26.4. The van der Waals surface area contributed by atoms with Crippen LogP contribution in [-0.4, -0.2) is 69.2 Å². The molecular weight excluding hydrogens is 481 g/mol. The van der Waals surface area contributed by atoms with Crippen molar-refractivity contribution in [1.82, 2.24) is 15.2 Å². The first-order valence-electron chi connectivity index (χ1n) is 12.1. The molecule has 0 unspecified atom stereocenters. The quantitative estimate of drug-likeness (QED) is 0.399. The lowest BCUT2D eigenvalue weighted by Gasteiger charge is -2.34. The molecule has 4 atom stereocenters. The highest BCUT2D eigenvalue weighted by molar-refractivity contribution is 5.84. The maximum atomic E-state index is 13.8. The topological polar surface area (TPSA) is 124 Å². The van der Waals surface area contributed by atoms with Crippen LogP contribution in [0.5, 0.6) is 0 Å². The Bertz CT molecular complexity index is 1240. The number of likely N-dealkylation sites (tertiary alicyclic amines) is 1. The Morgan fingerprint density at radius 1 is 1.19 bits per heavy atom. The summed E-state index contributed by atoms with van der Waals surface area (Å²) < 4.78 is 24.7. The Balaban J connectivity index is 1.61. The molecule has 1 aromatic heterocycles. The number of aliphatic hydroxyl groups is 2. The first-order valence-corrected chi connectivity index (χ1v) is 12.1. The molecule has 0 radical (unpaired) electrons. The van der Waals surface area contributed by atoms with Gasteiger partial charge in [-0.05, 0) is 50.1 Å². The fourth-order valence-electron chi connectivity index (χ4n) is 4.63. The number of amides is 2. The number of benzene rings is 2. The molecule has 3 aromatic rings. The average molecular weight is 514 g/mol. The predicted octanol–water partition coefficient (Wildman–Crippen LogP) is 3.66. The van der Waals surface area contributed by atoms with Gasteiger partial charge in [0.2, 0.25) is 0 Å². The summed E-state index contributed by atoms with van der Waals surface area (Å²) in [5, 5.41) is 24.8. The van der Waals surface area contributed by atoms with Crippen LogP contribution in [0.15, 0.2) is 54.7 Å². The fourth-order valence-corrected chi connectivity index (χ4v) is 4.63. The van der Waals surface area contributed by atoms with E-state index in [2.05, 4.69) is 10.3 Å². The second-order valence-electron chi connectivity index (χ2n) is 10.2. The van der Waals surface area contributed by atoms with E-state index in [-0.39, 0.29) is 19.7 Å². The number of aromatic amines is 1. The van der Waals surface area contributed by atoms with E-state index < -0.39 is 47.8 Å². The molecular formula is C27H32FN3O6. The van der Waals surface area contributed by atoms with Crippen LogP contribution >= 0.6 is 0 Å². The summed E-state index contributed by atoms with van der Waals surface area (Å²) in [6.45, 7) is 5.05. The van der Waals surface area contributed by atoms with Gasteiger partial charge in [0.1, 0.15) is 24.1 Å². The fraction of sp³-hybridized carbons (Fsp3) is 0.407. The number of fused-ring (bicyclic) bond motifs is 1. The van der Waals surface area contributed by atoms with Crippen molar-refractivity contribution in [1.29, 1.82) is 0 Å². The summed E-state index contributed by atoms with van der Waals surface area (Å²) in [4.78, 5) is 29.9. The van der Waals surface area contributed by atoms with Gasteiger partial charge in [-0.3, -0.25) is 4.90 Å². The van der Waals surface area contributed by atoms with E-state index in [1.807, 2.05) is 30.3 Å². The van der Waals surface area contributed by atoms with Crippen LogP contribution in [0.4, 0.5) is 14.0 Å². The van der Waals surface area contributed by atoms with Crippen molar-refractivity contribution >= 4 is 23.1 Å². The third-order valence-electron chi connectivity index (χ3n) is 6.28. The zero-order valence-corrected chi connectivity index (χ0v) is 21.0. The maximum absolute atomic E-state index is 13.8. The second-order valence-corrected chi connectivity index (χ2v) is 10.2. The average Bonchev–Trinajstić information content (AvgIpc) is 3.38. The van der Waals surface area contributed by atoms with E-state index in [0.717, 1.165) is 5.56 Å². The minimum Gasteiger partial charge on any atom is -0.445 e. The summed E-state index contributed by atoms with van der Waals surface area (Å²) in [5.41, 5.74) is 1.17. The maximum Gasteiger partial charge on any atom is 0.410 e. The van der Waals surface area contributed by atoms with Crippen molar-refractivity contribution in [2.45, 2.75) is 57.1 Å². The van der Waals surface area contributed by atoms with Gasteiger partial charge in [-0.2, -0.15) is 0 Å². The molecule has 0 bridgehead atoms. The van der Waals surface area contributed by atoms with Gasteiger partial charge < -0.3 is 30.0 Å². The van der Waals surface area contributed by atoms with E-state index in [9.17, 15) is 24.2 Å². The lowest BCUT2D eigenvalue weighted by molar-refractivity contribution is 0.00863. The lowest BCUT2D eigenvalue weighted by atomic mass is 9.87. The Kier molecular flexibility index (Phi) is 7.70. The van der Waals surface area contributed by atoms with E-state index in [0.29, 0.717) is 16.5 Å². The summed E-state index contributed by atoms with van der Waals surface area (Å²) in [6.07, 6.45) is -2.26. The summed E-state index contributed by atoms with van der Waals surface area (Å²) in [6, 6.07) is 12.5. The molecule has 0 spiro atoms. The van der Waals surface area contributed by atoms with E-state index >= 15 is 0 Å². The molecule has 9 nitrogen and oxygen atoms in total. The van der Waals surface area contributed by atoms with Crippen LogP contribution in [0.25, 0.3) is 10.9 Å². The Morgan fingerprint density at radius 2 is 1.92 bits per heavy atom. The van der Waals surface area contributed by atoms with Crippen molar-refractivity contribution in [3.8, 4) is 0 Å². The number of carbonyl (C=O) groups is 2. The standard InChI is InChI=1S/C27H32FN3O6/c1-27(2,3)37-26(35)31-14-22(32)24(33)23(31)20(19-12-29-21-11-17(28)9-10-18(19)21)13-30-25(34)36-15-16-7-5-4-6-8-16/h4-12,20,22-24,29,32-33H,13-15H2,1-3H3,(H,30,34)/t20-,22-,23-,24+/m1/s1. The van der Waals surface area contributed by atoms with E-state index in [1.165, 1.54) is 17.0 Å². The highest BCUT2D eigenvalue weighted by atomic mass is 19.1. The molecule has 37 heavy (non-hydrogen) atoms. The number of rotatable bonds is 6. The molecule has 2 amide bonds. The molecule has 1 aliphatic heterocycles. The van der Waals surface area contributed by atoms with Gasteiger partial charge in [0.25, 0.3) is 0 Å². The number of nitrogens with one attached hydrogen (secondary N) is 2. The van der Waals surface area contributed by atoms with Crippen molar-refractivity contribution in [2.24, 2.45) is 0 Å². The third kappa shape index (κ3) is 6.20. The van der Waals surface area contributed by atoms with Gasteiger partial charge >= 0.3 is 12.2 Å². The van der Waals surface area contributed by atoms with E-state index in [4.69, 9.17) is 9.47 Å². The molecule has 0 saturated carbocycles. The first-order chi connectivity index (χ1) is 17.5. The molecule has 10 heteroatoms. The minimum atomic E-state index is -1.31. The number of hydrogen-bond donors (Lipinski definition) is 4. The monoisotopic (exact) mass is 513 g/mol. The number of aromatic nitrogens is 1. The van der Waals surface area contributed by atoms with Gasteiger partial charge in [0, 0.05) is 29.6 Å². The number of aliphatic hydroxyl groups excluding tert-OH is 2. The number of halogens is 1. The lowest BCUT2D eigenvalue weighted by Crippen LogP contribution is -2.48. The molecule has 1 saturated heterocycles. The summed E-state index contributed by atoms with van der Waals surface area (Å²) >= 11 is 0. The van der Waals surface area contributed by atoms with Crippen molar-refractivity contribution in [3.05, 3.63) is 71.7 Å². The molecule has 198 valence electrons. The number of carbonyl (C=O) groups excluding carboxylic acids is 2. The van der Waals surface area contributed by atoms with Crippen LogP contribution in [0.1, 0.15) is 37.8 Å². The minimum absolute atomic E-state index is 0.0360. The van der Waals surface area contributed by atoms with Crippen LogP contribution in [0.3, 0.4) is 0 Å². The predicted molar refractivity (Wildman–Crippen MR) is 134 cm³/mol. The number of hydrogen-bond acceptors (Lipinski definition) is 6. The largest absolute Gasteiger partial charge is 0.445 e. The van der Waals surface area contributed by atoms with Crippen LogP contribution in [-0.2, 0) is 16.1 Å². The highest BCUT2D eigenvalue weighted by Crippen LogP contribution is 2.36. The smallest absolute Gasteiger partial charge is 0.410 e. The van der Waals surface area contributed by atoms with E-state index in [1.54, 1.807) is 33.0 Å². The molecule has 2 heterocycles. The van der Waals surface area contributed by atoms with Gasteiger partial charge in [0.15, 0.2) is 0 Å². The van der Waals surface area contributed by atoms with Gasteiger partial charge in [-0.15, -0.1) is 0 Å². The third-order valence-corrected chi connectivity index (χ3v) is 6.28. The van der Waals surface area contributed by atoms with Gasteiger partial charge in [0.05, 0.1) is 18.7 Å². The molecule has 0 aliphatic carbocycles. The molecule has 1 fully saturated rings. The number of β-amino-alcohol motifs (C(OH)–C–C–N with tert-alkyl or cyclic N) is 1. The highest BCUT2D eigenvalue weighted by Gasteiger charge is 2.48. The zero-order valence-electron chi connectivity index (χ0n) is 21.0. The van der Waals surface area contributed by atoms with Crippen LogP contribution < -0.4 is 5.32 Å². The molecule has 4 rings (SSSR count). The Labute approximate surface area is 214 Å². The van der Waals surface area contributed by atoms with Gasteiger partial charge in [-0.25, -0.2) is 14.0 Å². The normalized spacial score (nSPS) is 20.6. The van der Waals surface area contributed by atoms with Crippen LogP contribution in [0, 0.1) is 5.82 Å². The summed E-state index contributed by atoms with van der Waals surface area (Å²) in [7, 11) is 0. The Hall–Kier alpha value is -3.63. The molecule has 4 N–H and O–H groups in total. The van der Waals surface area contributed by atoms with Crippen LogP contribution in [0.2, 0.25) is 0 Å². The second kappa shape index (κ2) is 10.8. The number of ether oxygens (including phenoxy) is 2. The zero-order chi connectivity index (χ0) is 26.7. The number of alkyl carbamates (subject to hydrolysis) is 1. The number of nitrogens with zero attached hydrogens (tertiary/aromatic N) is 1. The van der Waals surface area contributed by atoms with Crippen molar-refractivity contribution in [3.63, 3.8) is 0 Å². The van der Waals surface area contributed by atoms with Crippen molar-refractivity contribution < 1.29 is 33.7 Å². The number of H-pyrrole nitrogens is 1. The molecule has 2 aromatic carbocycles. The van der Waals surface area contributed by atoms with Crippen molar-refractivity contribution in [2.75, 3.05) is 13.1 Å². The Morgan fingerprint density at radius 3 is 2.62 bits per heavy atom. The molecule has 1 aliphatic rings. The summed E-state index contributed by atoms with van der Waals surface area (Å²) in [5.74, 6) is -1.12. The SMILES string of the molecule is CC(C)(C)OC(=O)N1C[C@@H](O)[C@H](O)[C@H]1[C@H](CNC(=O)OCc1ccccc1)c1c[nH]c2cc(F)ccc12. The van der Waals surface area contributed by atoms with Gasteiger partial charge in [-0.1, -0.05) is 30.3 Å².